The van der Waals surface area contributed by atoms with Crippen LogP contribution in [-0.2, 0) is 0 Å². The van der Waals surface area contributed by atoms with Crippen LogP contribution in [0.15, 0.2) is 59.7 Å². The number of aliphatic hydroxyl groups excluding tert-OH is 1. The standard InChI is InChI=1S/C27H30O5Si/c1-26(33(2,3)16-8-5-4-6-9-16)13-12-19-22-18(14-21(29)27(19,32)15-26)25(31)23-17(24(22)30)10-7-11-20(23)28/h4-11,19,21,28-29,32H,12-15H2,1-3H3. The lowest BCUT2D eigenvalue weighted by Gasteiger charge is -2.57. The monoisotopic (exact) mass is 462 g/mol. The fraction of sp³-hybridized carbons (Fsp3) is 0.407. The van der Waals surface area contributed by atoms with Gasteiger partial charge in [-0.05, 0) is 30.4 Å². The lowest BCUT2D eigenvalue weighted by Crippen LogP contribution is -2.63. The van der Waals surface area contributed by atoms with E-state index in [0.29, 0.717) is 18.4 Å². The fourth-order valence-corrected chi connectivity index (χ4v) is 9.71. The molecule has 1 fully saturated rings. The summed E-state index contributed by atoms with van der Waals surface area (Å²) in [6.45, 7) is 6.82. The summed E-state index contributed by atoms with van der Waals surface area (Å²) in [5.41, 5.74) is -0.691. The van der Waals surface area contributed by atoms with Crippen molar-refractivity contribution in [1.82, 2.24) is 0 Å². The quantitative estimate of drug-likeness (QED) is 0.591. The molecule has 0 heterocycles. The van der Waals surface area contributed by atoms with E-state index in [4.69, 9.17) is 0 Å². The Labute approximate surface area is 194 Å². The lowest BCUT2D eigenvalue weighted by molar-refractivity contribution is -0.136. The predicted octanol–water partition coefficient (Wildman–Crippen LogP) is 3.74. The van der Waals surface area contributed by atoms with Gasteiger partial charge in [-0.2, -0.15) is 0 Å². The van der Waals surface area contributed by atoms with Gasteiger partial charge in [0, 0.05) is 29.0 Å². The summed E-state index contributed by atoms with van der Waals surface area (Å²) in [4.78, 5) is 26.8. The van der Waals surface area contributed by atoms with Crippen molar-refractivity contribution >= 4 is 24.8 Å². The van der Waals surface area contributed by atoms with Gasteiger partial charge in [0.15, 0.2) is 11.6 Å². The first kappa shape index (κ1) is 22.3. The number of carbonyl (C=O) groups excluding carboxylic acids is 2. The number of aromatic hydroxyl groups is 1. The van der Waals surface area contributed by atoms with E-state index in [0.717, 1.165) is 6.42 Å². The molecule has 172 valence electrons. The molecule has 4 unspecified atom stereocenters. The highest BCUT2D eigenvalue weighted by molar-refractivity contribution is 6.92. The summed E-state index contributed by atoms with van der Waals surface area (Å²) in [5, 5.41) is 34.5. The summed E-state index contributed by atoms with van der Waals surface area (Å²) in [6, 6.07) is 14.9. The third kappa shape index (κ3) is 2.97. The second kappa shape index (κ2) is 7.23. The third-order valence-corrected chi connectivity index (χ3v) is 14.2. The summed E-state index contributed by atoms with van der Waals surface area (Å²) in [7, 11) is -2.07. The first-order valence-electron chi connectivity index (χ1n) is 11.6. The largest absolute Gasteiger partial charge is 0.507 e. The van der Waals surface area contributed by atoms with E-state index in [1.807, 2.05) is 18.2 Å². The Morgan fingerprint density at radius 2 is 1.70 bits per heavy atom. The Balaban J connectivity index is 1.58. The van der Waals surface area contributed by atoms with Gasteiger partial charge in [-0.25, -0.2) is 0 Å². The van der Waals surface area contributed by atoms with Crippen LogP contribution in [0, 0.1) is 5.92 Å². The molecule has 0 amide bonds. The van der Waals surface area contributed by atoms with Gasteiger partial charge in [0.1, 0.15) is 5.75 Å². The highest BCUT2D eigenvalue weighted by Crippen LogP contribution is 2.60. The Morgan fingerprint density at radius 3 is 2.39 bits per heavy atom. The van der Waals surface area contributed by atoms with Gasteiger partial charge in [0.2, 0.25) is 0 Å². The Hall–Kier alpha value is -2.54. The van der Waals surface area contributed by atoms with Gasteiger partial charge < -0.3 is 15.3 Å². The van der Waals surface area contributed by atoms with Crippen molar-refractivity contribution in [2.75, 3.05) is 0 Å². The van der Waals surface area contributed by atoms with Crippen LogP contribution in [0.25, 0.3) is 0 Å². The first-order chi connectivity index (χ1) is 15.5. The molecule has 3 N–H and O–H groups in total. The molecule has 6 heteroatoms. The molecule has 5 rings (SSSR count). The molecular weight excluding hydrogens is 432 g/mol. The summed E-state index contributed by atoms with van der Waals surface area (Å²) in [6.07, 6.45) is 0.478. The average Bonchev–Trinajstić information content (AvgIpc) is 2.78. The van der Waals surface area contributed by atoms with Crippen LogP contribution in [0.1, 0.15) is 53.3 Å². The SMILES string of the molecule is CC1([Si](C)(C)c2ccccc2)CCC2C3=C(CC(O)C2(O)C1)C(=O)c1c(O)cccc1C3=O. The van der Waals surface area contributed by atoms with Gasteiger partial charge in [-0.1, -0.05) is 67.7 Å². The van der Waals surface area contributed by atoms with E-state index in [9.17, 15) is 24.9 Å². The molecule has 33 heavy (non-hydrogen) atoms. The van der Waals surface area contributed by atoms with Crippen LogP contribution in [0.3, 0.4) is 0 Å². The molecule has 0 bridgehead atoms. The van der Waals surface area contributed by atoms with Crippen LogP contribution in [-0.4, -0.2) is 46.7 Å². The molecule has 1 saturated carbocycles. The van der Waals surface area contributed by atoms with Gasteiger partial charge in [0.05, 0.1) is 25.3 Å². The van der Waals surface area contributed by atoms with Gasteiger partial charge in [-0.3, -0.25) is 9.59 Å². The number of hydrogen-bond acceptors (Lipinski definition) is 5. The minimum atomic E-state index is -2.07. The molecule has 4 atom stereocenters. The smallest absolute Gasteiger partial charge is 0.194 e. The molecule has 3 aliphatic rings. The van der Waals surface area contributed by atoms with Crippen molar-refractivity contribution < 1.29 is 24.9 Å². The number of rotatable bonds is 2. The molecule has 2 aromatic rings. The lowest BCUT2D eigenvalue weighted by atomic mass is 9.58. The number of Topliss-reactive ketones (excluding diaryl/α,β-unsaturated/α-hetero) is 2. The Morgan fingerprint density at radius 1 is 1.00 bits per heavy atom. The van der Waals surface area contributed by atoms with Gasteiger partial charge in [-0.15, -0.1) is 0 Å². The fourth-order valence-electron chi connectivity index (χ4n) is 6.50. The number of fused-ring (bicyclic) bond motifs is 3. The Kier molecular flexibility index (Phi) is 4.87. The first-order valence-corrected chi connectivity index (χ1v) is 14.6. The van der Waals surface area contributed by atoms with Crippen LogP contribution < -0.4 is 5.19 Å². The highest BCUT2D eigenvalue weighted by atomic mass is 28.3. The topological polar surface area (TPSA) is 94.8 Å². The van der Waals surface area contributed by atoms with Crippen LogP contribution in [0.4, 0.5) is 0 Å². The van der Waals surface area contributed by atoms with Crippen LogP contribution in [0.2, 0.25) is 18.1 Å². The summed E-state index contributed by atoms with van der Waals surface area (Å²) < 4.78 is 0. The minimum Gasteiger partial charge on any atom is -0.507 e. The van der Waals surface area contributed by atoms with Crippen molar-refractivity contribution in [2.45, 2.75) is 62.4 Å². The second-order valence-corrected chi connectivity index (χ2v) is 15.8. The number of benzene rings is 2. The number of hydrogen-bond donors (Lipinski definition) is 3. The maximum atomic E-state index is 13.5. The van der Waals surface area contributed by atoms with E-state index in [2.05, 4.69) is 32.2 Å². The molecule has 0 saturated heterocycles. The third-order valence-electron chi connectivity index (χ3n) is 8.95. The van der Waals surface area contributed by atoms with E-state index < -0.39 is 31.5 Å². The zero-order chi connectivity index (χ0) is 23.8. The molecule has 2 aromatic carbocycles. The predicted molar refractivity (Wildman–Crippen MR) is 129 cm³/mol. The summed E-state index contributed by atoms with van der Waals surface area (Å²) >= 11 is 0. The number of phenols is 1. The van der Waals surface area contributed by atoms with Crippen molar-refractivity contribution in [3.05, 3.63) is 70.8 Å². The number of ketones is 2. The maximum Gasteiger partial charge on any atom is 0.194 e. The average molecular weight is 463 g/mol. The van der Waals surface area contributed by atoms with Crippen molar-refractivity contribution in [1.29, 1.82) is 0 Å². The van der Waals surface area contributed by atoms with E-state index in [-0.39, 0.29) is 39.7 Å². The maximum absolute atomic E-state index is 13.5. The van der Waals surface area contributed by atoms with E-state index in [1.165, 1.54) is 11.3 Å². The van der Waals surface area contributed by atoms with E-state index in [1.54, 1.807) is 12.1 Å². The van der Waals surface area contributed by atoms with E-state index >= 15 is 0 Å². The second-order valence-electron chi connectivity index (χ2n) is 10.8. The molecule has 0 radical (unpaired) electrons. The van der Waals surface area contributed by atoms with Crippen molar-refractivity contribution in [3.8, 4) is 5.75 Å². The zero-order valence-corrected chi connectivity index (χ0v) is 20.3. The summed E-state index contributed by atoms with van der Waals surface area (Å²) in [5.74, 6) is -1.54. The number of phenolic OH excluding ortho intramolecular Hbond substituents is 1. The van der Waals surface area contributed by atoms with Crippen molar-refractivity contribution in [3.63, 3.8) is 0 Å². The molecule has 0 spiro atoms. The molecule has 5 nitrogen and oxygen atoms in total. The molecule has 0 aliphatic heterocycles. The number of aliphatic hydroxyl groups is 2. The minimum absolute atomic E-state index is 0.0113. The number of carbonyl (C=O) groups is 2. The molecular formula is C27H30O5Si. The van der Waals surface area contributed by atoms with Crippen LogP contribution in [0.5, 0.6) is 5.75 Å². The van der Waals surface area contributed by atoms with Crippen molar-refractivity contribution in [2.24, 2.45) is 5.92 Å². The zero-order valence-electron chi connectivity index (χ0n) is 19.3. The molecule has 3 aliphatic carbocycles. The van der Waals surface area contributed by atoms with Gasteiger partial charge in [0.25, 0.3) is 0 Å². The van der Waals surface area contributed by atoms with Gasteiger partial charge >= 0.3 is 0 Å². The Bertz CT molecular complexity index is 1200. The highest BCUT2D eigenvalue weighted by Gasteiger charge is 2.61. The van der Waals surface area contributed by atoms with Crippen LogP contribution >= 0.6 is 0 Å². The molecule has 0 aromatic heterocycles. The normalized spacial score (nSPS) is 31.7.